The first kappa shape index (κ1) is 26.0. The fourth-order valence-corrected chi connectivity index (χ4v) is 6.66. The van der Waals surface area contributed by atoms with Gasteiger partial charge in [-0.2, -0.15) is 13.8 Å². The third-order valence-electron chi connectivity index (χ3n) is 7.59. The molecule has 0 aliphatic heterocycles. The summed E-state index contributed by atoms with van der Waals surface area (Å²) in [5.41, 5.74) is 3.59. The van der Waals surface area contributed by atoms with Crippen molar-refractivity contribution in [2.45, 2.75) is 0 Å². The summed E-state index contributed by atoms with van der Waals surface area (Å²) in [6.07, 6.45) is 0. The van der Waals surface area contributed by atoms with Gasteiger partial charge in [0.1, 0.15) is 22.7 Å². The van der Waals surface area contributed by atoms with E-state index in [4.69, 9.17) is 16.5 Å². The Labute approximate surface area is 250 Å². The van der Waals surface area contributed by atoms with Gasteiger partial charge >= 0.3 is 0 Å². The first-order valence-corrected chi connectivity index (χ1v) is 14.1. The van der Waals surface area contributed by atoms with Crippen molar-refractivity contribution in [1.82, 2.24) is 19.4 Å². The molecule has 0 aliphatic rings. The van der Waals surface area contributed by atoms with E-state index < -0.39 is 29.2 Å². The summed E-state index contributed by atoms with van der Waals surface area (Å²) < 4.78 is 61.7. The van der Waals surface area contributed by atoms with Crippen molar-refractivity contribution in [1.29, 1.82) is 0 Å². The molecule has 4 aromatic heterocycles. The highest BCUT2D eigenvalue weighted by Crippen LogP contribution is 2.41. The van der Waals surface area contributed by atoms with Gasteiger partial charge < -0.3 is 0 Å². The molecule has 5 nitrogen and oxygen atoms in total. The second kappa shape index (κ2) is 9.69. The largest absolute Gasteiger partial charge is 0.281 e. The minimum absolute atomic E-state index is 0.0288. The number of pyridine rings is 2. The van der Waals surface area contributed by atoms with Gasteiger partial charge in [0.05, 0.1) is 28.0 Å². The molecule has 0 bridgehead atoms. The Morgan fingerprint density at radius 2 is 1.45 bits per heavy atom. The number of nitrogens with zero attached hydrogens (tertiary/aromatic N) is 5. The fraction of sp³-hybridized carbons (Fsp3) is 0. The van der Waals surface area contributed by atoms with E-state index in [2.05, 4.69) is 9.83 Å². The third-order valence-corrected chi connectivity index (χ3v) is 8.61. The molecule has 8 rings (SSSR count). The van der Waals surface area contributed by atoms with Gasteiger partial charge in [0.2, 0.25) is 11.9 Å². The Hall–Kier alpha value is -5.66. The van der Waals surface area contributed by atoms with Crippen LogP contribution in [0.1, 0.15) is 0 Å². The molecular formula is C34H15F4N5S. The van der Waals surface area contributed by atoms with Crippen molar-refractivity contribution in [2.75, 3.05) is 0 Å². The van der Waals surface area contributed by atoms with E-state index in [0.717, 1.165) is 32.7 Å². The number of halogens is 4. The molecule has 0 radical (unpaired) electrons. The van der Waals surface area contributed by atoms with Crippen molar-refractivity contribution >= 4 is 54.1 Å². The SMILES string of the molecule is [C-]#[N+]c1c(F)ccc(-c2cc(-c3ccc(F)nc3F)cc(-c3nc4ccccc4c4nc5sc6ccccc6n5c34)c2)c1F. The Morgan fingerprint density at radius 3 is 2.27 bits per heavy atom. The molecule has 4 aromatic carbocycles. The van der Waals surface area contributed by atoms with Crippen LogP contribution in [0, 0.1) is 30.1 Å². The van der Waals surface area contributed by atoms with Gasteiger partial charge in [0.25, 0.3) is 5.69 Å². The number of para-hydroxylation sites is 2. The molecule has 10 heteroatoms. The molecule has 0 aliphatic carbocycles. The smallest absolute Gasteiger partial charge is 0.257 e. The average Bonchev–Trinajstić information content (AvgIpc) is 3.57. The molecule has 0 saturated heterocycles. The fourth-order valence-electron chi connectivity index (χ4n) is 5.64. The highest BCUT2D eigenvalue weighted by molar-refractivity contribution is 7.23. The monoisotopic (exact) mass is 601 g/mol. The van der Waals surface area contributed by atoms with Crippen LogP contribution in [0.25, 0.3) is 75.5 Å². The van der Waals surface area contributed by atoms with Gasteiger partial charge in [-0.15, -0.1) is 0 Å². The van der Waals surface area contributed by atoms with E-state index in [-0.39, 0.29) is 22.3 Å². The summed E-state index contributed by atoms with van der Waals surface area (Å²) >= 11 is 1.53. The lowest BCUT2D eigenvalue weighted by molar-refractivity contribution is 0.515. The van der Waals surface area contributed by atoms with Crippen LogP contribution in [-0.4, -0.2) is 19.4 Å². The van der Waals surface area contributed by atoms with Crippen LogP contribution in [0.2, 0.25) is 0 Å². The Morgan fingerprint density at radius 1 is 0.727 bits per heavy atom. The van der Waals surface area contributed by atoms with Crippen molar-refractivity contribution < 1.29 is 17.6 Å². The molecule has 210 valence electrons. The number of aromatic nitrogens is 4. The number of fused-ring (bicyclic) bond motifs is 7. The van der Waals surface area contributed by atoms with Gasteiger partial charge in [-0.3, -0.25) is 4.40 Å². The number of hydrogen-bond acceptors (Lipinski definition) is 4. The van der Waals surface area contributed by atoms with Crippen LogP contribution in [0.5, 0.6) is 0 Å². The van der Waals surface area contributed by atoms with Crippen LogP contribution in [0.3, 0.4) is 0 Å². The van der Waals surface area contributed by atoms with Crippen LogP contribution in [0.15, 0.2) is 91.0 Å². The van der Waals surface area contributed by atoms with Crippen LogP contribution in [-0.2, 0) is 0 Å². The topological polar surface area (TPSA) is 47.4 Å². The molecule has 44 heavy (non-hydrogen) atoms. The normalized spacial score (nSPS) is 11.6. The number of imidazole rings is 1. The zero-order valence-electron chi connectivity index (χ0n) is 22.3. The number of rotatable bonds is 3. The highest BCUT2D eigenvalue weighted by Gasteiger charge is 2.22. The van der Waals surface area contributed by atoms with E-state index in [1.54, 1.807) is 12.1 Å². The Bertz CT molecular complexity index is 2520. The number of thiazole rings is 1. The van der Waals surface area contributed by atoms with Crippen LogP contribution < -0.4 is 0 Å². The van der Waals surface area contributed by atoms with Gasteiger partial charge in [0.15, 0.2) is 4.96 Å². The van der Waals surface area contributed by atoms with E-state index in [9.17, 15) is 8.78 Å². The first-order chi connectivity index (χ1) is 21.4. The van der Waals surface area contributed by atoms with Crippen molar-refractivity contribution in [3.8, 4) is 33.5 Å². The van der Waals surface area contributed by atoms with Gasteiger partial charge in [-0.25, -0.2) is 23.6 Å². The molecular weight excluding hydrogens is 586 g/mol. The van der Waals surface area contributed by atoms with Crippen LogP contribution >= 0.6 is 11.3 Å². The summed E-state index contributed by atoms with van der Waals surface area (Å²) in [6, 6.07) is 24.8. The molecule has 4 heterocycles. The van der Waals surface area contributed by atoms with Crippen molar-refractivity contribution in [3.63, 3.8) is 0 Å². The van der Waals surface area contributed by atoms with Gasteiger partial charge in [0, 0.05) is 22.1 Å². The number of benzene rings is 4. The second-order valence-corrected chi connectivity index (χ2v) is 11.1. The maximum atomic E-state index is 15.6. The zero-order chi connectivity index (χ0) is 30.1. The summed E-state index contributed by atoms with van der Waals surface area (Å²) in [7, 11) is 0. The lowest BCUT2D eigenvalue weighted by Crippen LogP contribution is -1.96. The van der Waals surface area contributed by atoms with Crippen molar-refractivity contribution in [2.24, 2.45) is 0 Å². The molecule has 0 amide bonds. The summed E-state index contributed by atoms with van der Waals surface area (Å²) in [5, 5.41) is 0.836. The number of hydrogen-bond donors (Lipinski definition) is 0. The highest BCUT2D eigenvalue weighted by atomic mass is 32.1. The summed E-state index contributed by atoms with van der Waals surface area (Å²) in [5.74, 6) is -4.08. The predicted molar refractivity (Wildman–Crippen MR) is 164 cm³/mol. The maximum absolute atomic E-state index is 15.6. The Balaban J connectivity index is 1.51. The van der Waals surface area contributed by atoms with Crippen LogP contribution in [0.4, 0.5) is 23.2 Å². The predicted octanol–water partition coefficient (Wildman–Crippen LogP) is 9.75. The summed E-state index contributed by atoms with van der Waals surface area (Å²) in [6.45, 7) is 7.30. The lowest BCUT2D eigenvalue weighted by Gasteiger charge is -2.14. The van der Waals surface area contributed by atoms with E-state index >= 15 is 8.78 Å². The molecule has 0 N–H and O–H groups in total. The standard InChI is InChI=1S/C34H15F4N5S/c1-39-31-23(35)12-10-20(28(31)37)17-14-18(21-11-13-27(36)41-33(21)38)16-19(15-17)29-32-30(22-6-2-3-7-24(22)40-29)42-34-43(32)25-8-4-5-9-26(25)44-34/h2-16H. The molecule has 0 atom stereocenters. The minimum Gasteiger partial charge on any atom is -0.281 e. The lowest BCUT2D eigenvalue weighted by atomic mass is 9.94. The van der Waals surface area contributed by atoms with E-state index in [1.165, 1.54) is 29.5 Å². The quantitative estimate of drug-likeness (QED) is 0.115. The maximum Gasteiger partial charge on any atom is 0.257 e. The molecule has 0 unspecified atom stereocenters. The molecule has 8 aromatic rings. The third kappa shape index (κ3) is 3.87. The van der Waals surface area contributed by atoms with E-state index in [0.29, 0.717) is 27.8 Å². The Kier molecular flexibility index (Phi) is 5.73. The zero-order valence-corrected chi connectivity index (χ0v) is 23.1. The van der Waals surface area contributed by atoms with E-state index in [1.807, 2.05) is 52.9 Å². The molecule has 0 spiro atoms. The summed E-state index contributed by atoms with van der Waals surface area (Å²) in [4.78, 5) is 17.1. The van der Waals surface area contributed by atoms with Gasteiger partial charge in [-0.05, 0) is 65.7 Å². The average molecular weight is 602 g/mol. The second-order valence-electron chi connectivity index (χ2n) is 10.1. The first-order valence-electron chi connectivity index (χ1n) is 13.3. The molecule has 0 fully saturated rings. The molecule has 0 saturated carbocycles. The minimum atomic E-state index is -1.05. The van der Waals surface area contributed by atoms with Gasteiger partial charge in [-0.1, -0.05) is 47.7 Å². The van der Waals surface area contributed by atoms with Crippen molar-refractivity contribution in [3.05, 3.63) is 126 Å².